The highest BCUT2D eigenvalue weighted by molar-refractivity contribution is 5.98. The molecule has 1 saturated heterocycles. The van der Waals surface area contributed by atoms with Crippen LogP contribution in [0.5, 0.6) is 11.5 Å². The number of hydrogen-bond acceptors (Lipinski definition) is 5. The van der Waals surface area contributed by atoms with E-state index in [0.29, 0.717) is 18.2 Å². The second-order valence-electron chi connectivity index (χ2n) is 5.75. The number of aromatic hydroxyl groups is 2. The van der Waals surface area contributed by atoms with E-state index in [0.717, 1.165) is 19.6 Å². The molecule has 1 aliphatic heterocycles. The Morgan fingerprint density at radius 1 is 1.38 bits per heavy atom. The molecule has 1 unspecified atom stereocenters. The predicted octanol–water partition coefficient (Wildman–Crippen LogP) is 1.70. The monoisotopic (exact) mass is 292 g/mol. The highest BCUT2D eigenvalue weighted by Crippen LogP contribution is 2.25. The molecule has 1 atom stereocenters. The standard InChI is InChI=1S/C16H24N2O3/c1-3-18-8-4-5-13(18)10-17(2)11-16(21)12-6-7-14(19)15(20)9-12/h6-7,9,13,19-20H,3-5,8,10-11H2,1-2H3. The van der Waals surface area contributed by atoms with E-state index >= 15 is 0 Å². The highest BCUT2D eigenvalue weighted by Gasteiger charge is 2.24. The summed E-state index contributed by atoms with van der Waals surface area (Å²) in [6.45, 7) is 5.57. The molecule has 1 heterocycles. The van der Waals surface area contributed by atoms with Crippen molar-refractivity contribution in [2.45, 2.75) is 25.8 Å². The van der Waals surface area contributed by atoms with Gasteiger partial charge in [-0.05, 0) is 51.2 Å². The van der Waals surface area contributed by atoms with Crippen molar-refractivity contribution in [3.63, 3.8) is 0 Å². The smallest absolute Gasteiger partial charge is 0.176 e. The summed E-state index contributed by atoms with van der Waals surface area (Å²) in [4.78, 5) is 16.7. The van der Waals surface area contributed by atoms with E-state index in [4.69, 9.17) is 0 Å². The summed E-state index contributed by atoms with van der Waals surface area (Å²) in [7, 11) is 1.95. The molecule has 1 aromatic rings. The van der Waals surface area contributed by atoms with E-state index in [9.17, 15) is 15.0 Å². The van der Waals surface area contributed by atoms with E-state index in [-0.39, 0.29) is 17.3 Å². The van der Waals surface area contributed by atoms with Gasteiger partial charge in [-0.2, -0.15) is 0 Å². The number of nitrogens with zero attached hydrogens (tertiary/aromatic N) is 2. The first-order chi connectivity index (χ1) is 10.0. The highest BCUT2D eigenvalue weighted by atomic mass is 16.3. The lowest BCUT2D eigenvalue weighted by Gasteiger charge is -2.27. The lowest BCUT2D eigenvalue weighted by molar-refractivity contribution is 0.0928. The fourth-order valence-electron chi connectivity index (χ4n) is 2.98. The minimum Gasteiger partial charge on any atom is -0.504 e. The molecule has 1 fully saturated rings. The van der Waals surface area contributed by atoms with E-state index in [1.165, 1.54) is 25.0 Å². The molecular weight excluding hydrogens is 268 g/mol. The Morgan fingerprint density at radius 3 is 2.81 bits per heavy atom. The second-order valence-corrected chi connectivity index (χ2v) is 5.75. The third-order valence-electron chi connectivity index (χ3n) is 4.14. The summed E-state index contributed by atoms with van der Waals surface area (Å²) < 4.78 is 0. The molecule has 0 radical (unpaired) electrons. The van der Waals surface area contributed by atoms with Gasteiger partial charge < -0.3 is 10.2 Å². The zero-order valence-corrected chi connectivity index (χ0v) is 12.7. The van der Waals surface area contributed by atoms with E-state index in [2.05, 4.69) is 11.8 Å². The van der Waals surface area contributed by atoms with Crippen molar-refractivity contribution in [3.05, 3.63) is 23.8 Å². The Bertz CT molecular complexity index is 504. The van der Waals surface area contributed by atoms with Crippen LogP contribution in [0.1, 0.15) is 30.1 Å². The number of rotatable bonds is 6. The molecule has 0 bridgehead atoms. The first-order valence-electron chi connectivity index (χ1n) is 7.49. The molecule has 0 amide bonds. The first kappa shape index (κ1) is 15.8. The van der Waals surface area contributed by atoms with Crippen molar-refractivity contribution in [2.24, 2.45) is 0 Å². The first-order valence-corrected chi connectivity index (χ1v) is 7.49. The number of phenolic OH excluding ortho intramolecular Hbond substituents is 2. The van der Waals surface area contributed by atoms with E-state index in [1.807, 2.05) is 11.9 Å². The molecule has 116 valence electrons. The van der Waals surface area contributed by atoms with E-state index in [1.54, 1.807) is 6.07 Å². The second kappa shape index (κ2) is 6.91. The van der Waals surface area contributed by atoms with Crippen LogP contribution in [0.25, 0.3) is 0 Å². The van der Waals surface area contributed by atoms with Crippen LogP contribution in [0.15, 0.2) is 18.2 Å². The van der Waals surface area contributed by atoms with Gasteiger partial charge >= 0.3 is 0 Å². The molecule has 5 heteroatoms. The number of Topliss-reactive ketones (excluding diaryl/α,β-unsaturated/α-hetero) is 1. The van der Waals surface area contributed by atoms with Gasteiger partial charge in [0.15, 0.2) is 17.3 Å². The third-order valence-corrected chi connectivity index (χ3v) is 4.14. The summed E-state index contributed by atoms with van der Waals surface area (Å²) in [5.41, 5.74) is 0.427. The number of ketones is 1. The largest absolute Gasteiger partial charge is 0.504 e. The van der Waals surface area contributed by atoms with Crippen molar-refractivity contribution in [3.8, 4) is 11.5 Å². The molecule has 1 aromatic carbocycles. The Morgan fingerprint density at radius 2 is 2.14 bits per heavy atom. The normalized spacial score (nSPS) is 19.3. The Balaban J connectivity index is 1.91. The van der Waals surface area contributed by atoms with Gasteiger partial charge in [-0.1, -0.05) is 6.92 Å². The molecule has 0 spiro atoms. The summed E-state index contributed by atoms with van der Waals surface area (Å²) in [6, 6.07) is 4.73. The van der Waals surface area contributed by atoms with Crippen molar-refractivity contribution < 1.29 is 15.0 Å². The molecule has 5 nitrogen and oxygen atoms in total. The fraction of sp³-hybridized carbons (Fsp3) is 0.562. The maximum Gasteiger partial charge on any atom is 0.176 e. The van der Waals surface area contributed by atoms with Gasteiger partial charge in [-0.3, -0.25) is 14.6 Å². The number of carbonyl (C=O) groups excluding carboxylic acids is 1. The van der Waals surface area contributed by atoms with Crippen LogP contribution in [0.4, 0.5) is 0 Å². The summed E-state index contributed by atoms with van der Waals surface area (Å²) in [6.07, 6.45) is 2.42. The molecule has 21 heavy (non-hydrogen) atoms. The summed E-state index contributed by atoms with van der Waals surface area (Å²) in [5, 5.41) is 18.7. The van der Waals surface area contributed by atoms with Gasteiger partial charge in [-0.25, -0.2) is 0 Å². The van der Waals surface area contributed by atoms with E-state index < -0.39 is 0 Å². The third kappa shape index (κ3) is 3.95. The zero-order valence-electron chi connectivity index (χ0n) is 12.7. The van der Waals surface area contributed by atoms with Crippen LogP contribution in [0.3, 0.4) is 0 Å². The van der Waals surface area contributed by atoms with Gasteiger partial charge in [0.1, 0.15) is 0 Å². The van der Waals surface area contributed by atoms with Crippen molar-refractivity contribution in [2.75, 3.05) is 33.2 Å². The van der Waals surface area contributed by atoms with Gasteiger partial charge in [-0.15, -0.1) is 0 Å². The number of hydrogen-bond donors (Lipinski definition) is 2. The minimum absolute atomic E-state index is 0.0474. The quantitative estimate of drug-likeness (QED) is 0.617. The SMILES string of the molecule is CCN1CCCC1CN(C)CC(=O)c1ccc(O)c(O)c1. The molecular formula is C16H24N2O3. The average molecular weight is 292 g/mol. The molecule has 0 aromatic heterocycles. The Kier molecular flexibility index (Phi) is 5.20. The molecule has 0 aliphatic carbocycles. The maximum atomic E-state index is 12.2. The molecule has 0 saturated carbocycles. The molecule has 2 N–H and O–H groups in total. The van der Waals surface area contributed by atoms with Crippen LogP contribution in [0.2, 0.25) is 0 Å². The van der Waals surface area contributed by atoms with Crippen LogP contribution in [0, 0.1) is 0 Å². The average Bonchev–Trinajstić information content (AvgIpc) is 2.88. The Labute approximate surface area is 125 Å². The van der Waals surface area contributed by atoms with Gasteiger partial charge in [0.2, 0.25) is 0 Å². The Hall–Kier alpha value is -1.59. The number of likely N-dealkylation sites (N-methyl/N-ethyl adjacent to an activating group) is 2. The lowest BCUT2D eigenvalue weighted by atomic mass is 10.1. The number of phenols is 2. The fourth-order valence-corrected chi connectivity index (χ4v) is 2.98. The van der Waals surface area contributed by atoms with Crippen LogP contribution in [-0.2, 0) is 0 Å². The number of likely N-dealkylation sites (tertiary alicyclic amines) is 1. The summed E-state index contributed by atoms with van der Waals surface area (Å²) >= 11 is 0. The van der Waals surface area contributed by atoms with Crippen LogP contribution in [-0.4, -0.2) is 65.1 Å². The minimum atomic E-state index is -0.253. The topological polar surface area (TPSA) is 64.0 Å². The number of benzene rings is 1. The molecule has 1 aliphatic rings. The van der Waals surface area contributed by atoms with Gasteiger partial charge in [0, 0.05) is 18.2 Å². The van der Waals surface area contributed by atoms with Gasteiger partial charge in [0.25, 0.3) is 0 Å². The van der Waals surface area contributed by atoms with Crippen molar-refractivity contribution >= 4 is 5.78 Å². The van der Waals surface area contributed by atoms with Gasteiger partial charge in [0.05, 0.1) is 6.54 Å². The maximum absolute atomic E-state index is 12.2. The molecule has 2 rings (SSSR count). The lowest BCUT2D eigenvalue weighted by Crippen LogP contribution is -2.40. The number of carbonyl (C=O) groups is 1. The zero-order chi connectivity index (χ0) is 15.4. The van der Waals surface area contributed by atoms with Crippen molar-refractivity contribution in [1.29, 1.82) is 0 Å². The predicted molar refractivity (Wildman–Crippen MR) is 81.9 cm³/mol. The van der Waals surface area contributed by atoms with Crippen LogP contribution < -0.4 is 0 Å². The van der Waals surface area contributed by atoms with Crippen LogP contribution >= 0.6 is 0 Å². The van der Waals surface area contributed by atoms with Crippen molar-refractivity contribution in [1.82, 2.24) is 9.80 Å². The summed E-state index contributed by atoms with van der Waals surface area (Å²) in [5.74, 6) is -0.505.